The maximum atomic E-state index is 4.53. The Morgan fingerprint density at radius 1 is 1.35 bits per heavy atom. The van der Waals surface area contributed by atoms with Crippen molar-refractivity contribution in [2.75, 3.05) is 6.54 Å². The monoisotopic (exact) mass is 273 g/mol. The molecule has 20 heavy (non-hydrogen) atoms. The first-order chi connectivity index (χ1) is 9.69. The summed E-state index contributed by atoms with van der Waals surface area (Å²) in [5.74, 6) is 1.76. The topological polar surface area (TPSA) is 36.4 Å². The first-order valence-corrected chi connectivity index (χ1v) is 7.80. The number of nitrogens with zero attached hydrogens (tertiary/aromatic N) is 1. The van der Waals surface area contributed by atoms with Crippen LogP contribution in [0.1, 0.15) is 39.2 Å². The normalized spacial score (nSPS) is 23.2. The lowest BCUT2D eigenvalue weighted by molar-refractivity contribution is 0.589. The summed E-state index contributed by atoms with van der Waals surface area (Å²) in [7, 11) is 0. The lowest BCUT2D eigenvalue weighted by Crippen LogP contribution is -2.43. The predicted molar refractivity (Wildman–Crippen MR) is 86.0 cm³/mol. The Bertz CT molecular complexity index is 427. The molecule has 0 heterocycles. The second kappa shape index (κ2) is 7.32. The van der Waals surface area contributed by atoms with Gasteiger partial charge < -0.3 is 10.6 Å². The minimum atomic E-state index is 0.432. The van der Waals surface area contributed by atoms with Crippen molar-refractivity contribution in [3.63, 3.8) is 0 Å². The zero-order chi connectivity index (χ0) is 14.4. The molecule has 0 saturated heterocycles. The van der Waals surface area contributed by atoms with Crippen LogP contribution in [0.5, 0.6) is 0 Å². The van der Waals surface area contributed by atoms with Gasteiger partial charge >= 0.3 is 0 Å². The Morgan fingerprint density at radius 2 is 2.05 bits per heavy atom. The second-order valence-electron chi connectivity index (χ2n) is 5.86. The summed E-state index contributed by atoms with van der Waals surface area (Å²) in [5, 5.41) is 7.03. The van der Waals surface area contributed by atoms with Crippen molar-refractivity contribution >= 4 is 5.96 Å². The van der Waals surface area contributed by atoms with Crippen LogP contribution >= 0.6 is 0 Å². The molecule has 1 aromatic carbocycles. The molecule has 1 aromatic rings. The molecule has 0 aromatic heterocycles. The molecule has 1 aliphatic carbocycles. The average Bonchev–Trinajstić information content (AvgIpc) is 3.13. The van der Waals surface area contributed by atoms with Crippen molar-refractivity contribution in [2.45, 2.75) is 52.1 Å². The molecule has 1 fully saturated rings. The van der Waals surface area contributed by atoms with Crippen LogP contribution in [-0.4, -0.2) is 24.6 Å². The van der Waals surface area contributed by atoms with Gasteiger partial charge in [-0.05, 0) is 44.6 Å². The van der Waals surface area contributed by atoms with Gasteiger partial charge in [-0.3, -0.25) is 4.99 Å². The number of rotatable bonds is 6. The number of hydrogen-bond donors (Lipinski definition) is 2. The van der Waals surface area contributed by atoms with Gasteiger partial charge in [0.1, 0.15) is 0 Å². The fraction of sp³-hybridized carbons (Fsp3) is 0.588. The molecule has 2 rings (SSSR count). The molecule has 3 unspecified atom stereocenters. The predicted octanol–water partition coefficient (Wildman–Crippen LogP) is 2.97. The summed E-state index contributed by atoms with van der Waals surface area (Å²) in [5.41, 5.74) is 1.40. The Kier molecular flexibility index (Phi) is 5.45. The number of aryl methyl sites for hydroxylation is 1. The van der Waals surface area contributed by atoms with E-state index < -0.39 is 0 Å². The van der Waals surface area contributed by atoms with Crippen LogP contribution in [0, 0.1) is 5.92 Å². The third-order valence-corrected chi connectivity index (χ3v) is 3.84. The van der Waals surface area contributed by atoms with Crippen molar-refractivity contribution in [3.05, 3.63) is 35.9 Å². The number of benzene rings is 1. The van der Waals surface area contributed by atoms with Crippen LogP contribution in [0.3, 0.4) is 0 Å². The zero-order valence-electron chi connectivity index (χ0n) is 12.9. The van der Waals surface area contributed by atoms with Gasteiger partial charge in [-0.15, -0.1) is 0 Å². The lowest BCUT2D eigenvalue weighted by atomic mass is 10.1. The fourth-order valence-electron chi connectivity index (χ4n) is 2.32. The van der Waals surface area contributed by atoms with Gasteiger partial charge in [-0.25, -0.2) is 0 Å². The molecule has 110 valence electrons. The van der Waals surface area contributed by atoms with E-state index in [0.29, 0.717) is 12.1 Å². The van der Waals surface area contributed by atoms with Crippen molar-refractivity contribution in [1.29, 1.82) is 0 Å². The first-order valence-electron chi connectivity index (χ1n) is 7.80. The minimum absolute atomic E-state index is 0.432. The van der Waals surface area contributed by atoms with E-state index >= 15 is 0 Å². The van der Waals surface area contributed by atoms with Gasteiger partial charge in [0.25, 0.3) is 0 Å². The van der Waals surface area contributed by atoms with Gasteiger partial charge in [-0.2, -0.15) is 0 Å². The number of nitrogens with one attached hydrogen (secondary N) is 2. The van der Waals surface area contributed by atoms with Crippen LogP contribution in [0.15, 0.2) is 35.3 Å². The van der Waals surface area contributed by atoms with E-state index in [2.05, 4.69) is 66.7 Å². The molecule has 1 aliphatic rings. The highest BCUT2D eigenvalue weighted by molar-refractivity contribution is 5.80. The third-order valence-electron chi connectivity index (χ3n) is 3.84. The van der Waals surface area contributed by atoms with E-state index in [0.717, 1.165) is 31.3 Å². The highest BCUT2D eigenvalue weighted by atomic mass is 15.2. The second-order valence-corrected chi connectivity index (χ2v) is 5.86. The summed E-state index contributed by atoms with van der Waals surface area (Å²) >= 11 is 0. The molecule has 2 N–H and O–H groups in total. The van der Waals surface area contributed by atoms with Crippen LogP contribution in [0.4, 0.5) is 0 Å². The van der Waals surface area contributed by atoms with Crippen molar-refractivity contribution in [1.82, 2.24) is 10.6 Å². The SMILES string of the molecule is CCN=C(NC(C)CCc1ccccc1)NC1CC1C. The Morgan fingerprint density at radius 3 is 2.65 bits per heavy atom. The summed E-state index contributed by atoms with van der Waals surface area (Å²) in [6.45, 7) is 7.41. The van der Waals surface area contributed by atoms with Crippen LogP contribution in [0.25, 0.3) is 0 Å². The number of aliphatic imine (C=N–C) groups is 1. The first kappa shape index (κ1) is 14.9. The smallest absolute Gasteiger partial charge is 0.191 e. The van der Waals surface area contributed by atoms with Gasteiger partial charge in [0.15, 0.2) is 5.96 Å². The number of hydrogen-bond acceptors (Lipinski definition) is 1. The summed E-state index contributed by atoms with van der Waals surface area (Å²) < 4.78 is 0. The molecule has 3 atom stereocenters. The molecule has 0 radical (unpaired) electrons. The van der Waals surface area contributed by atoms with E-state index in [1.807, 2.05) is 0 Å². The summed E-state index contributed by atoms with van der Waals surface area (Å²) in [4.78, 5) is 4.53. The van der Waals surface area contributed by atoms with E-state index in [9.17, 15) is 0 Å². The third kappa shape index (κ3) is 4.87. The van der Waals surface area contributed by atoms with Crippen molar-refractivity contribution in [2.24, 2.45) is 10.9 Å². The van der Waals surface area contributed by atoms with Crippen LogP contribution in [-0.2, 0) is 6.42 Å². The van der Waals surface area contributed by atoms with Gasteiger partial charge in [-0.1, -0.05) is 37.3 Å². The van der Waals surface area contributed by atoms with Crippen molar-refractivity contribution in [3.8, 4) is 0 Å². The average molecular weight is 273 g/mol. The zero-order valence-corrected chi connectivity index (χ0v) is 12.9. The van der Waals surface area contributed by atoms with Gasteiger partial charge in [0, 0.05) is 18.6 Å². The quantitative estimate of drug-likeness (QED) is 0.617. The van der Waals surface area contributed by atoms with Crippen LogP contribution in [0.2, 0.25) is 0 Å². The summed E-state index contributed by atoms with van der Waals surface area (Å²) in [6.07, 6.45) is 3.49. The Balaban J connectivity index is 1.76. The van der Waals surface area contributed by atoms with Gasteiger partial charge in [0.05, 0.1) is 0 Å². The van der Waals surface area contributed by atoms with E-state index in [4.69, 9.17) is 0 Å². The highest BCUT2D eigenvalue weighted by Gasteiger charge is 2.33. The van der Waals surface area contributed by atoms with Gasteiger partial charge in [0.2, 0.25) is 0 Å². The fourth-order valence-corrected chi connectivity index (χ4v) is 2.32. The lowest BCUT2D eigenvalue weighted by Gasteiger charge is -2.18. The molecule has 1 saturated carbocycles. The molecule has 0 bridgehead atoms. The molecule has 0 amide bonds. The van der Waals surface area contributed by atoms with E-state index in [1.54, 1.807) is 0 Å². The molecule has 0 spiro atoms. The molecular weight excluding hydrogens is 246 g/mol. The molecule has 0 aliphatic heterocycles. The largest absolute Gasteiger partial charge is 0.354 e. The van der Waals surface area contributed by atoms with Crippen LogP contribution < -0.4 is 10.6 Å². The van der Waals surface area contributed by atoms with E-state index in [1.165, 1.54) is 12.0 Å². The van der Waals surface area contributed by atoms with Crippen molar-refractivity contribution < 1.29 is 0 Å². The highest BCUT2D eigenvalue weighted by Crippen LogP contribution is 2.28. The summed E-state index contributed by atoms with van der Waals surface area (Å²) in [6, 6.07) is 11.7. The maximum Gasteiger partial charge on any atom is 0.191 e. The Labute approximate surface area is 122 Å². The maximum absolute atomic E-state index is 4.53. The molecular formula is C17H27N3. The molecule has 3 nitrogen and oxygen atoms in total. The minimum Gasteiger partial charge on any atom is -0.354 e. The molecule has 3 heteroatoms. The standard InChI is InChI=1S/C17H27N3/c1-4-18-17(20-16-12-13(16)2)19-14(3)10-11-15-8-6-5-7-9-15/h5-9,13-14,16H,4,10-12H2,1-3H3,(H2,18,19,20). The van der Waals surface area contributed by atoms with E-state index in [-0.39, 0.29) is 0 Å². The number of guanidine groups is 1. The Hall–Kier alpha value is -1.51.